The van der Waals surface area contributed by atoms with Crippen molar-refractivity contribution in [3.05, 3.63) is 18.0 Å². The van der Waals surface area contributed by atoms with Crippen molar-refractivity contribution in [3.63, 3.8) is 0 Å². The van der Waals surface area contributed by atoms with Crippen LogP contribution in [0.1, 0.15) is 30.8 Å². The molecule has 8 heteroatoms. The summed E-state index contributed by atoms with van der Waals surface area (Å²) in [6.45, 7) is 3.68. The Hall–Kier alpha value is -2.38. The lowest BCUT2D eigenvalue weighted by atomic mass is 10.1. The number of nitrogens with two attached hydrogens (primary N) is 1. The second-order valence-corrected chi connectivity index (χ2v) is 4.56. The number of amides is 3. The van der Waals surface area contributed by atoms with Crippen LogP contribution in [0.4, 0.5) is 0 Å². The molecule has 3 N–H and O–H groups in total. The summed E-state index contributed by atoms with van der Waals surface area (Å²) in [6.07, 6.45) is 2.07. The fourth-order valence-electron chi connectivity index (χ4n) is 2.03. The first-order valence-electron chi connectivity index (χ1n) is 6.77. The van der Waals surface area contributed by atoms with E-state index in [-0.39, 0.29) is 18.1 Å². The highest BCUT2D eigenvalue weighted by atomic mass is 16.2. The topological polar surface area (TPSA) is 110 Å². The molecule has 8 nitrogen and oxygen atoms in total. The summed E-state index contributed by atoms with van der Waals surface area (Å²) in [5, 5.41) is 6.43. The molecule has 1 heterocycles. The van der Waals surface area contributed by atoms with Gasteiger partial charge < -0.3 is 16.0 Å². The Balaban J connectivity index is 2.62. The predicted molar refractivity (Wildman–Crippen MR) is 76.2 cm³/mol. The highest BCUT2D eigenvalue weighted by Crippen LogP contribution is 2.04. The van der Waals surface area contributed by atoms with Crippen molar-refractivity contribution in [2.45, 2.75) is 26.3 Å². The second kappa shape index (κ2) is 7.41. The zero-order chi connectivity index (χ0) is 16.0. The van der Waals surface area contributed by atoms with E-state index in [1.807, 2.05) is 0 Å². The fourth-order valence-corrected chi connectivity index (χ4v) is 2.03. The third-order valence-electron chi connectivity index (χ3n) is 3.10. The molecule has 0 aliphatic rings. The van der Waals surface area contributed by atoms with E-state index in [1.54, 1.807) is 33.2 Å². The summed E-state index contributed by atoms with van der Waals surface area (Å²) in [5.74, 6) is -1.34. The molecule has 0 aliphatic heterocycles. The molecular formula is C13H21N5O3. The average Bonchev–Trinajstić information content (AvgIpc) is 2.87. The summed E-state index contributed by atoms with van der Waals surface area (Å²) >= 11 is 0. The van der Waals surface area contributed by atoms with E-state index >= 15 is 0 Å². The van der Waals surface area contributed by atoms with Crippen LogP contribution in [0.3, 0.4) is 0 Å². The van der Waals surface area contributed by atoms with E-state index in [0.29, 0.717) is 13.0 Å². The Morgan fingerprint density at radius 2 is 2.10 bits per heavy atom. The number of aromatic nitrogens is 2. The Labute approximate surface area is 123 Å². The Bertz CT molecular complexity index is 526. The van der Waals surface area contributed by atoms with Gasteiger partial charge in [-0.25, -0.2) is 0 Å². The summed E-state index contributed by atoms with van der Waals surface area (Å²) in [7, 11) is 1.69. The van der Waals surface area contributed by atoms with E-state index < -0.39 is 17.9 Å². The van der Waals surface area contributed by atoms with Gasteiger partial charge in [0, 0.05) is 19.8 Å². The molecule has 1 aromatic rings. The molecule has 0 aliphatic carbocycles. The quantitative estimate of drug-likeness (QED) is 0.690. The van der Waals surface area contributed by atoms with E-state index in [9.17, 15) is 14.4 Å². The highest BCUT2D eigenvalue weighted by Gasteiger charge is 2.25. The number of likely N-dealkylation sites (N-methyl/N-ethyl adjacent to an activating group) is 1. The van der Waals surface area contributed by atoms with Gasteiger partial charge in [0.15, 0.2) is 0 Å². The number of carbonyl (C=O) groups is 3. The molecule has 116 valence electrons. The molecular weight excluding hydrogens is 274 g/mol. The second-order valence-electron chi connectivity index (χ2n) is 4.56. The maximum atomic E-state index is 12.1. The van der Waals surface area contributed by atoms with E-state index in [4.69, 9.17) is 5.73 Å². The minimum atomic E-state index is -0.658. The van der Waals surface area contributed by atoms with Crippen molar-refractivity contribution in [1.29, 1.82) is 0 Å². The molecule has 0 spiro atoms. The number of primary amides is 1. The lowest BCUT2D eigenvalue weighted by molar-refractivity contribution is -0.138. The summed E-state index contributed by atoms with van der Waals surface area (Å²) in [6, 6.07) is 0.893. The zero-order valence-electron chi connectivity index (χ0n) is 12.5. The fraction of sp³-hybridized carbons (Fsp3) is 0.538. The van der Waals surface area contributed by atoms with Crippen molar-refractivity contribution in [1.82, 2.24) is 20.0 Å². The first kappa shape index (κ1) is 16.7. The molecule has 0 saturated carbocycles. The normalized spacial score (nSPS) is 11.8. The Kier molecular flexibility index (Phi) is 5.89. The Morgan fingerprint density at radius 3 is 2.52 bits per heavy atom. The van der Waals surface area contributed by atoms with Gasteiger partial charge in [-0.3, -0.25) is 19.1 Å². The number of rotatable bonds is 7. The van der Waals surface area contributed by atoms with Crippen LogP contribution in [0.5, 0.6) is 0 Å². The SMILES string of the molecule is CCC(C(N)=O)N(CC)C(=O)CNC(=O)c1ccn(C)n1. The zero-order valence-corrected chi connectivity index (χ0v) is 12.5. The number of nitrogens with one attached hydrogen (secondary N) is 1. The van der Waals surface area contributed by atoms with Gasteiger partial charge in [-0.2, -0.15) is 5.10 Å². The lowest BCUT2D eigenvalue weighted by Crippen LogP contribution is -2.50. The first-order valence-corrected chi connectivity index (χ1v) is 6.77. The van der Waals surface area contributed by atoms with Gasteiger partial charge in [0.2, 0.25) is 11.8 Å². The van der Waals surface area contributed by atoms with Crippen molar-refractivity contribution < 1.29 is 14.4 Å². The molecule has 1 unspecified atom stereocenters. The first-order chi connectivity index (χ1) is 9.90. The highest BCUT2D eigenvalue weighted by molar-refractivity contribution is 5.95. The maximum absolute atomic E-state index is 12.1. The van der Waals surface area contributed by atoms with E-state index in [1.165, 1.54) is 9.58 Å². The van der Waals surface area contributed by atoms with Gasteiger partial charge in [0.1, 0.15) is 11.7 Å². The lowest BCUT2D eigenvalue weighted by Gasteiger charge is -2.27. The van der Waals surface area contributed by atoms with Gasteiger partial charge in [-0.15, -0.1) is 0 Å². The van der Waals surface area contributed by atoms with Gasteiger partial charge >= 0.3 is 0 Å². The average molecular weight is 295 g/mol. The van der Waals surface area contributed by atoms with E-state index in [2.05, 4.69) is 10.4 Å². The van der Waals surface area contributed by atoms with Crippen LogP contribution >= 0.6 is 0 Å². The molecule has 0 aromatic carbocycles. The van der Waals surface area contributed by atoms with Crippen LogP contribution in [0.2, 0.25) is 0 Å². The number of nitrogens with zero attached hydrogens (tertiary/aromatic N) is 3. The number of hydrogen-bond donors (Lipinski definition) is 2. The third-order valence-corrected chi connectivity index (χ3v) is 3.10. The molecule has 3 amide bonds. The van der Waals surface area contributed by atoms with Crippen LogP contribution in [-0.4, -0.2) is 51.5 Å². The number of aryl methyl sites for hydroxylation is 1. The van der Waals surface area contributed by atoms with Crippen molar-refractivity contribution >= 4 is 17.7 Å². The minimum absolute atomic E-state index is 0.201. The van der Waals surface area contributed by atoms with Gasteiger partial charge in [-0.1, -0.05) is 6.92 Å². The monoisotopic (exact) mass is 295 g/mol. The molecule has 21 heavy (non-hydrogen) atoms. The minimum Gasteiger partial charge on any atom is -0.368 e. The summed E-state index contributed by atoms with van der Waals surface area (Å²) in [4.78, 5) is 36.6. The van der Waals surface area contributed by atoms with E-state index in [0.717, 1.165) is 0 Å². The largest absolute Gasteiger partial charge is 0.368 e. The predicted octanol–water partition coefficient (Wildman–Crippen LogP) is -0.738. The van der Waals surface area contributed by atoms with Crippen molar-refractivity contribution in [2.75, 3.05) is 13.1 Å². The van der Waals surface area contributed by atoms with Crippen LogP contribution in [-0.2, 0) is 16.6 Å². The molecule has 1 aromatic heterocycles. The number of carbonyl (C=O) groups excluding carboxylic acids is 3. The van der Waals surface area contributed by atoms with Crippen LogP contribution < -0.4 is 11.1 Å². The number of hydrogen-bond acceptors (Lipinski definition) is 4. The molecule has 0 fully saturated rings. The van der Waals surface area contributed by atoms with Gasteiger partial charge in [0.05, 0.1) is 6.54 Å². The van der Waals surface area contributed by atoms with Crippen molar-refractivity contribution in [2.24, 2.45) is 12.8 Å². The van der Waals surface area contributed by atoms with Crippen LogP contribution in [0.25, 0.3) is 0 Å². The van der Waals surface area contributed by atoms with Gasteiger partial charge in [-0.05, 0) is 19.4 Å². The maximum Gasteiger partial charge on any atom is 0.272 e. The molecule has 0 saturated heterocycles. The van der Waals surface area contributed by atoms with Gasteiger partial charge in [0.25, 0.3) is 5.91 Å². The smallest absolute Gasteiger partial charge is 0.272 e. The van der Waals surface area contributed by atoms with Crippen molar-refractivity contribution in [3.8, 4) is 0 Å². The molecule has 0 bridgehead atoms. The molecule has 1 rings (SSSR count). The van der Waals surface area contributed by atoms with Crippen LogP contribution in [0, 0.1) is 0 Å². The Morgan fingerprint density at radius 1 is 1.43 bits per heavy atom. The summed E-state index contributed by atoms with van der Waals surface area (Å²) < 4.78 is 1.50. The molecule has 0 radical (unpaired) electrons. The van der Waals surface area contributed by atoms with Crippen LogP contribution in [0.15, 0.2) is 12.3 Å². The molecule has 1 atom stereocenters. The standard InChI is InChI=1S/C13H21N5O3/c1-4-10(12(14)20)18(5-2)11(19)8-15-13(21)9-6-7-17(3)16-9/h6-7,10H,4-5,8H2,1-3H3,(H2,14,20)(H,15,21). The summed E-state index contributed by atoms with van der Waals surface area (Å²) in [5.41, 5.74) is 5.51. The third kappa shape index (κ3) is 4.30.